The van der Waals surface area contributed by atoms with E-state index in [4.69, 9.17) is 14.2 Å². The van der Waals surface area contributed by atoms with Crippen molar-refractivity contribution in [1.29, 1.82) is 0 Å². The van der Waals surface area contributed by atoms with Gasteiger partial charge in [-0.1, -0.05) is 56.3 Å². The van der Waals surface area contributed by atoms with Crippen molar-refractivity contribution in [2.75, 3.05) is 31.7 Å². The van der Waals surface area contributed by atoms with Crippen LogP contribution in [-0.2, 0) is 28.7 Å². The third-order valence-corrected chi connectivity index (χ3v) is 10.0. The maximum Gasteiger partial charge on any atom is 0.313 e. The fraction of sp³-hybridized carbons (Fsp3) is 0.487. The molecule has 2 bridgehead atoms. The van der Waals surface area contributed by atoms with Crippen molar-refractivity contribution >= 4 is 29.4 Å². The Morgan fingerprint density at radius 3 is 2.46 bits per heavy atom. The summed E-state index contributed by atoms with van der Waals surface area (Å²) in [4.78, 5) is 59.4. The molecule has 268 valence electrons. The average Bonchev–Trinajstić information content (AvgIpc) is 3.77. The van der Waals surface area contributed by atoms with Gasteiger partial charge in [0.05, 0.1) is 44.2 Å². The molecule has 0 radical (unpaired) electrons. The maximum atomic E-state index is 14.9. The van der Waals surface area contributed by atoms with Crippen LogP contribution in [0.25, 0.3) is 0 Å². The van der Waals surface area contributed by atoms with E-state index < -0.39 is 53.6 Å². The molecule has 11 heteroatoms. The first kappa shape index (κ1) is 36.8. The summed E-state index contributed by atoms with van der Waals surface area (Å²) in [5.74, 6) is -2.87. The molecule has 3 amide bonds. The minimum absolute atomic E-state index is 0.0420. The Labute approximate surface area is 294 Å². The number of aliphatic hydroxyl groups is 1. The van der Waals surface area contributed by atoms with Crippen molar-refractivity contribution in [1.82, 2.24) is 10.2 Å². The van der Waals surface area contributed by atoms with Crippen LogP contribution in [0.3, 0.4) is 0 Å². The number of anilines is 1. The van der Waals surface area contributed by atoms with Crippen molar-refractivity contribution in [3.63, 3.8) is 0 Å². The Hall–Kier alpha value is -4.48. The monoisotopic (exact) mass is 687 g/mol. The van der Waals surface area contributed by atoms with Crippen LogP contribution in [0.2, 0.25) is 0 Å². The standard InChI is InChI=1S/C39H49N3O8/c1-6-8-14-32(44)40-23-31(26-12-10-9-11-13-26)49-38(47)33-30-19-20-39(50-30)34(33)36(45)42(28(24-43)22-25(3)4)35(39)37(46)41(21-7-2)27-15-17-29(48-5)18-16-27/h6-7,9-13,15-18,25,28,30-31,33-35,43H,1-2,8,14,19-24H2,3-5H3,(H,40,44)/t28-,30-,31+,33+,34+,35-,39+/m1/s1. The lowest BCUT2D eigenvalue weighted by atomic mass is 9.70. The zero-order chi connectivity index (χ0) is 36.0. The molecule has 11 nitrogen and oxygen atoms in total. The van der Waals surface area contributed by atoms with E-state index in [0.717, 1.165) is 0 Å². The van der Waals surface area contributed by atoms with Gasteiger partial charge < -0.3 is 34.4 Å². The molecule has 1 spiro atoms. The summed E-state index contributed by atoms with van der Waals surface area (Å²) >= 11 is 0. The average molecular weight is 688 g/mol. The van der Waals surface area contributed by atoms with Crippen LogP contribution in [0.15, 0.2) is 79.9 Å². The molecule has 2 aromatic rings. The van der Waals surface area contributed by atoms with Gasteiger partial charge in [-0.3, -0.25) is 19.2 Å². The molecule has 7 atom stereocenters. The van der Waals surface area contributed by atoms with Gasteiger partial charge in [-0.2, -0.15) is 0 Å². The van der Waals surface area contributed by atoms with Gasteiger partial charge in [-0.15, -0.1) is 13.2 Å². The summed E-state index contributed by atoms with van der Waals surface area (Å²) in [6.07, 6.45) is 3.87. The second-order valence-electron chi connectivity index (χ2n) is 13.7. The molecule has 0 unspecified atom stereocenters. The number of aliphatic hydroxyl groups excluding tert-OH is 1. The molecule has 50 heavy (non-hydrogen) atoms. The molecule has 3 saturated heterocycles. The van der Waals surface area contributed by atoms with Crippen LogP contribution in [0.1, 0.15) is 57.6 Å². The lowest BCUT2D eigenvalue weighted by Crippen LogP contribution is -2.59. The number of rotatable bonds is 17. The summed E-state index contributed by atoms with van der Waals surface area (Å²) in [5.41, 5.74) is -0.0374. The molecule has 0 saturated carbocycles. The third-order valence-electron chi connectivity index (χ3n) is 10.0. The zero-order valence-electron chi connectivity index (χ0n) is 29.2. The molecule has 3 heterocycles. The first-order valence-electron chi connectivity index (χ1n) is 17.4. The fourth-order valence-corrected chi connectivity index (χ4v) is 7.86. The van der Waals surface area contributed by atoms with E-state index in [-0.39, 0.29) is 43.8 Å². The molecule has 3 fully saturated rings. The quantitative estimate of drug-likeness (QED) is 0.185. The van der Waals surface area contributed by atoms with Gasteiger partial charge in [-0.25, -0.2) is 0 Å². The molecule has 5 rings (SSSR count). The van der Waals surface area contributed by atoms with Gasteiger partial charge in [-0.05, 0) is 61.4 Å². The fourth-order valence-electron chi connectivity index (χ4n) is 7.86. The lowest BCUT2D eigenvalue weighted by molar-refractivity contribution is -0.161. The van der Waals surface area contributed by atoms with Crippen LogP contribution in [0.5, 0.6) is 5.75 Å². The summed E-state index contributed by atoms with van der Waals surface area (Å²) in [7, 11) is 1.56. The minimum Gasteiger partial charge on any atom is -0.497 e. The van der Waals surface area contributed by atoms with Gasteiger partial charge in [0.2, 0.25) is 11.8 Å². The summed E-state index contributed by atoms with van der Waals surface area (Å²) in [6.45, 7) is 11.4. The molecule has 3 aliphatic rings. The highest BCUT2D eigenvalue weighted by atomic mass is 16.6. The van der Waals surface area contributed by atoms with Crippen LogP contribution < -0.4 is 15.0 Å². The first-order chi connectivity index (χ1) is 24.1. The number of nitrogens with one attached hydrogen (secondary N) is 1. The number of carbonyl (C=O) groups is 4. The maximum absolute atomic E-state index is 14.9. The van der Waals surface area contributed by atoms with Crippen LogP contribution in [0.4, 0.5) is 5.69 Å². The van der Waals surface area contributed by atoms with Crippen LogP contribution in [0, 0.1) is 17.8 Å². The van der Waals surface area contributed by atoms with Crippen molar-refractivity contribution in [2.24, 2.45) is 17.8 Å². The molecule has 2 aromatic carbocycles. The summed E-state index contributed by atoms with van der Waals surface area (Å²) in [5, 5.41) is 13.5. The van der Waals surface area contributed by atoms with E-state index in [1.165, 1.54) is 4.90 Å². The van der Waals surface area contributed by atoms with E-state index in [2.05, 4.69) is 18.5 Å². The van der Waals surface area contributed by atoms with Gasteiger partial charge in [0.1, 0.15) is 23.5 Å². The Bertz CT molecular complexity index is 1550. The van der Waals surface area contributed by atoms with Crippen molar-refractivity contribution < 1.29 is 38.5 Å². The number of esters is 1. The predicted octanol–water partition coefficient (Wildman–Crippen LogP) is 4.36. The lowest BCUT2D eigenvalue weighted by Gasteiger charge is -2.39. The largest absolute Gasteiger partial charge is 0.497 e. The number of fused-ring (bicyclic) bond motifs is 1. The molecule has 0 aliphatic carbocycles. The predicted molar refractivity (Wildman–Crippen MR) is 188 cm³/mol. The van der Waals surface area contributed by atoms with Crippen LogP contribution in [-0.4, -0.2) is 84.3 Å². The van der Waals surface area contributed by atoms with E-state index in [1.807, 2.05) is 44.2 Å². The van der Waals surface area contributed by atoms with E-state index in [1.54, 1.807) is 48.4 Å². The van der Waals surface area contributed by atoms with E-state index in [9.17, 15) is 24.3 Å². The second kappa shape index (κ2) is 16.0. The molecule has 3 aliphatic heterocycles. The number of hydrogen-bond donors (Lipinski definition) is 2. The SMILES string of the molecule is C=CCCC(=O)NC[C@H](OC(=O)[C@@H]1[C@H]2C(=O)N([C@@H](CO)CC(C)C)[C@H](C(=O)N(CC=C)c3ccc(OC)cc3)[C@]23CC[C@H]1O3)c1ccccc1. The number of amides is 3. The molecular formula is C39H49N3O8. The first-order valence-corrected chi connectivity index (χ1v) is 17.4. The third kappa shape index (κ3) is 7.20. The molecular weight excluding hydrogens is 638 g/mol. The summed E-state index contributed by atoms with van der Waals surface area (Å²) < 4.78 is 18.1. The Kier molecular flexibility index (Phi) is 11.8. The number of allylic oxidation sites excluding steroid dienone is 1. The van der Waals surface area contributed by atoms with Gasteiger partial charge >= 0.3 is 5.97 Å². The number of ether oxygens (including phenoxy) is 3. The van der Waals surface area contributed by atoms with E-state index in [0.29, 0.717) is 42.7 Å². The number of likely N-dealkylation sites (tertiary alicyclic amines) is 1. The number of methoxy groups -OCH3 is 1. The number of benzene rings is 2. The summed E-state index contributed by atoms with van der Waals surface area (Å²) in [6, 6.07) is 14.4. The highest BCUT2D eigenvalue weighted by molar-refractivity contribution is 6.05. The minimum atomic E-state index is -1.31. The van der Waals surface area contributed by atoms with Crippen molar-refractivity contribution in [2.45, 2.75) is 75.8 Å². The number of carbonyl (C=O) groups excluding carboxylic acids is 4. The normalized spacial score (nSPS) is 24.7. The van der Waals surface area contributed by atoms with Gasteiger partial charge in [0, 0.05) is 18.7 Å². The zero-order valence-corrected chi connectivity index (χ0v) is 29.2. The highest BCUT2D eigenvalue weighted by Gasteiger charge is 2.75. The Morgan fingerprint density at radius 1 is 1.12 bits per heavy atom. The molecule has 0 aromatic heterocycles. The molecule has 2 N–H and O–H groups in total. The number of hydrogen-bond acceptors (Lipinski definition) is 8. The highest BCUT2D eigenvalue weighted by Crippen LogP contribution is 2.59. The van der Waals surface area contributed by atoms with Crippen molar-refractivity contribution in [3.05, 3.63) is 85.5 Å². The Morgan fingerprint density at radius 2 is 1.84 bits per heavy atom. The smallest absolute Gasteiger partial charge is 0.313 e. The van der Waals surface area contributed by atoms with Gasteiger partial charge in [0.15, 0.2) is 0 Å². The second-order valence-corrected chi connectivity index (χ2v) is 13.7. The Balaban J connectivity index is 1.50. The number of nitrogens with zero attached hydrogens (tertiary/aromatic N) is 2. The van der Waals surface area contributed by atoms with Gasteiger partial charge in [0.25, 0.3) is 5.91 Å². The van der Waals surface area contributed by atoms with Crippen LogP contribution >= 0.6 is 0 Å². The van der Waals surface area contributed by atoms with Crippen molar-refractivity contribution in [3.8, 4) is 5.75 Å². The van der Waals surface area contributed by atoms with E-state index >= 15 is 0 Å². The topological polar surface area (TPSA) is 135 Å².